The molecule has 1 aromatic carbocycles. The highest BCUT2D eigenvalue weighted by Crippen LogP contribution is 2.57. The number of benzene rings is 1. The Kier molecular flexibility index (Phi) is 4.61. The van der Waals surface area contributed by atoms with Gasteiger partial charge in [0.1, 0.15) is 0 Å². The SMILES string of the molecule is CSc1ccccc1C(=O)NCCOC12CC3CC(CC(C3)C1)C2. The van der Waals surface area contributed by atoms with Crippen LogP contribution < -0.4 is 5.32 Å². The van der Waals surface area contributed by atoms with Crippen molar-refractivity contribution in [1.82, 2.24) is 5.32 Å². The molecule has 1 amide bonds. The normalized spacial score (nSPS) is 33.6. The molecule has 4 aliphatic rings. The largest absolute Gasteiger partial charge is 0.373 e. The first-order valence-electron chi connectivity index (χ1n) is 9.23. The third kappa shape index (κ3) is 3.23. The molecule has 4 saturated carbocycles. The molecule has 1 aromatic rings. The number of nitrogens with one attached hydrogen (secondary N) is 1. The highest BCUT2D eigenvalue weighted by molar-refractivity contribution is 7.98. The predicted molar refractivity (Wildman–Crippen MR) is 97.4 cm³/mol. The molecule has 0 spiro atoms. The number of hydrogen-bond acceptors (Lipinski definition) is 3. The van der Waals surface area contributed by atoms with Crippen LogP contribution >= 0.6 is 11.8 Å². The molecule has 0 atom stereocenters. The summed E-state index contributed by atoms with van der Waals surface area (Å²) in [6.45, 7) is 1.24. The van der Waals surface area contributed by atoms with Crippen molar-refractivity contribution in [2.75, 3.05) is 19.4 Å². The van der Waals surface area contributed by atoms with Gasteiger partial charge < -0.3 is 10.1 Å². The Morgan fingerprint density at radius 3 is 2.42 bits per heavy atom. The molecular formula is C20H27NO2S. The summed E-state index contributed by atoms with van der Waals surface area (Å²) in [5, 5.41) is 3.03. The van der Waals surface area contributed by atoms with Crippen molar-refractivity contribution in [3.8, 4) is 0 Å². The molecule has 4 heteroatoms. The number of ether oxygens (including phenoxy) is 1. The van der Waals surface area contributed by atoms with Crippen LogP contribution in [0.15, 0.2) is 29.2 Å². The van der Waals surface area contributed by atoms with E-state index in [0.717, 1.165) is 28.2 Å². The van der Waals surface area contributed by atoms with E-state index in [2.05, 4.69) is 5.32 Å². The monoisotopic (exact) mass is 345 g/mol. The topological polar surface area (TPSA) is 38.3 Å². The second kappa shape index (κ2) is 6.72. The average Bonchev–Trinajstić information content (AvgIpc) is 2.57. The quantitative estimate of drug-likeness (QED) is 0.622. The highest BCUT2D eigenvalue weighted by atomic mass is 32.2. The second-order valence-electron chi connectivity index (χ2n) is 7.91. The van der Waals surface area contributed by atoms with Crippen LogP contribution in [0, 0.1) is 17.8 Å². The Balaban J connectivity index is 1.28. The van der Waals surface area contributed by atoms with Crippen LogP contribution in [0.1, 0.15) is 48.9 Å². The molecule has 130 valence electrons. The minimum absolute atomic E-state index is 0.00839. The first-order valence-corrected chi connectivity index (χ1v) is 10.4. The first-order chi connectivity index (χ1) is 11.7. The van der Waals surface area contributed by atoms with Crippen LogP contribution in [-0.4, -0.2) is 30.9 Å². The maximum atomic E-state index is 12.4. The summed E-state index contributed by atoms with van der Waals surface area (Å²) in [5.74, 6) is 2.71. The Labute approximate surface area is 148 Å². The third-order valence-electron chi connectivity index (χ3n) is 6.13. The summed E-state index contributed by atoms with van der Waals surface area (Å²) in [6.07, 6.45) is 10.1. The minimum atomic E-state index is 0.00839. The van der Waals surface area contributed by atoms with Gasteiger partial charge in [-0.25, -0.2) is 0 Å². The third-order valence-corrected chi connectivity index (χ3v) is 6.93. The summed E-state index contributed by atoms with van der Waals surface area (Å²) >= 11 is 1.61. The molecule has 24 heavy (non-hydrogen) atoms. The van der Waals surface area contributed by atoms with E-state index in [4.69, 9.17) is 4.74 Å². The molecular weight excluding hydrogens is 318 g/mol. The van der Waals surface area contributed by atoms with Gasteiger partial charge in [-0.1, -0.05) is 12.1 Å². The Morgan fingerprint density at radius 2 is 1.79 bits per heavy atom. The van der Waals surface area contributed by atoms with Gasteiger partial charge in [0.2, 0.25) is 0 Å². The molecule has 3 nitrogen and oxygen atoms in total. The molecule has 0 saturated heterocycles. The van der Waals surface area contributed by atoms with Gasteiger partial charge in [0, 0.05) is 11.4 Å². The number of carbonyl (C=O) groups is 1. The summed E-state index contributed by atoms with van der Waals surface area (Å²) in [4.78, 5) is 13.4. The summed E-state index contributed by atoms with van der Waals surface area (Å²) in [5.41, 5.74) is 0.899. The van der Waals surface area contributed by atoms with Crippen molar-refractivity contribution < 1.29 is 9.53 Å². The Bertz CT molecular complexity index is 580. The van der Waals surface area contributed by atoms with E-state index < -0.39 is 0 Å². The van der Waals surface area contributed by atoms with Gasteiger partial charge in [-0.05, 0) is 74.7 Å². The van der Waals surface area contributed by atoms with Crippen molar-refractivity contribution in [3.63, 3.8) is 0 Å². The maximum Gasteiger partial charge on any atom is 0.252 e. The van der Waals surface area contributed by atoms with E-state index in [1.54, 1.807) is 11.8 Å². The number of carbonyl (C=O) groups excluding carboxylic acids is 1. The van der Waals surface area contributed by atoms with Crippen LogP contribution in [0.4, 0.5) is 0 Å². The zero-order chi connectivity index (χ0) is 16.6. The van der Waals surface area contributed by atoms with Crippen LogP contribution in [-0.2, 0) is 4.74 Å². The van der Waals surface area contributed by atoms with Gasteiger partial charge in [-0.15, -0.1) is 11.8 Å². The lowest BCUT2D eigenvalue weighted by molar-refractivity contribution is -0.160. The van der Waals surface area contributed by atoms with Crippen LogP contribution in [0.3, 0.4) is 0 Å². The number of hydrogen-bond donors (Lipinski definition) is 1. The molecule has 4 fully saturated rings. The van der Waals surface area contributed by atoms with Crippen molar-refractivity contribution in [2.24, 2.45) is 17.8 Å². The van der Waals surface area contributed by atoms with Gasteiger partial charge in [-0.3, -0.25) is 4.79 Å². The maximum absolute atomic E-state index is 12.4. The van der Waals surface area contributed by atoms with Gasteiger partial charge in [0.05, 0.1) is 17.8 Å². The van der Waals surface area contributed by atoms with E-state index in [9.17, 15) is 4.79 Å². The van der Waals surface area contributed by atoms with Gasteiger partial charge >= 0.3 is 0 Å². The minimum Gasteiger partial charge on any atom is -0.373 e. The lowest BCUT2D eigenvalue weighted by Gasteiger charge is -2.56. The van der Waals surface area contributed by atoms with Gasteiger partial charge in [-0.2, -0.15) is 0 Å². The second-order valence-corrected chi connectivity index (χ2v) is 8.75. The zero-order valence-corrected chi connectivity index (χ0v) is 15.2. The summed E-state index contributed by atoms with van der Waals surface area (Å²) in [7, 11) is 0. The lowest BCUT2D eigenvalue weighted by Crippen LogP contribution is -2.52. The summed E-state index contributed by atoms with van der Waals surface area (Å²) in [6, 6.07) is 7.77. The average molecular weight is 346 g/mol. The van der Waals surface area contributed by atoms with Crippen molar-refractivity contribution in [1.29, 1.82) is 0 Å². The molecule has 0 heterocycles. The van der Waals surface area contributed by atoms with Crippen LogP contribution in [0.2, 0.25) is 0 Å². The Morgan fingerprint density at radius 1 is 1.17 bits per heavy atom. The van der Waals surface area contributed by atoms with E-state index in [1.165, 1.54) is 38.5 Å². The lowest BCUT2D eigenvalue weighted by atomic mass is 9.54. The number of rotatable bonds is 6. The molecule has 0 radical (unpaired) electrons. The van der Waals surface area contributed by atoms with Crippen molar-refractivity contribution in [2.45, 2.75) is 49.0 Å². The highest BCUT2D eigenvalue weighted by Gasteiger charge is 2.51. The molecule has 0 unspecified atom stereocenters. The van der Waals surface area contributed by atoms with Crippen molar-refractivity contribution >= 4 is 17.7 Å². The van der Waals surface area contributed by atoms with E-state index in [-0.39, 0.29) is 11.5 Å². The first kappa shape index (κ1) is 16.5. The van der Waals surface area contributed by atoms with Crippen LogP contribution in [0.5, 0.6) is 0 Å². The molecule has 0 aromatic heterocycles. The van der Waals surface area contributed by atoms with Crippen LogP contribution in [0.25, 0.3) is 0 Å². The molecule has 5 rings (SSSR count). The summed E-state index contributed by atoms with van der Waals surface area (Å²) < 4.78 is 6.37. The van der Waals surface area contributed by atoms with E-state index in [0.29, 0.717) is 13.2 Å². The smallest absolute Gasteiger partial charge is 0.252 e. The molecule has 4 bridgehead atoms. The zero-order valence-electron chi connectivity index (χ0n) is 14.4. The number of thioether (sulfide) groups is 1. The number of amides is 1. The van der Waals surface area contributed by atoms with E-state index >= 15 is 0 Å². The fraction of sp³-hybridized carbons (Fsp3) is 0.650. The fourth-order valence-electron chi connectivity index (χ4n) is 5.57. The molecule has 0 aliphatic heterocycles. The fourth-order valence-corrected chi connectivity index (χ4v) is 6.16. The van der Waals surface area contributed by atoms with Gasteiger partial charge in [0.15, 0.2) is 0 Å². The van der Waals surface area contributed by atoms with Gasteiger partial charge in [0.25, 0.3) is 5.91 Å². The Hall–Kier alpha value is -1.00. The standard InChI is InChI=1S/C20H27NO2S/c1-24-18-5-3-2-4-17(18)19(22)21-6-7-23-20-11-14-8-15(12-20)10-16(9-14)13-20/h2-5,14-16H,6-13H2,1H3,(H,21,22). The predicted octanol–water partition coefficient (Wildman–Crippen LogP) is 4.12. The van der Waals surface area contributed by atoms with Crippen molar-refractivity contribution in [3.05, 3.63) is 29.8 Å². The molecule has 1 N–H and O–H groups in total. The molecule has 4 aliphatic carbocycles. The van der Waals surface area contributed by atoms with E-state index in [1.807, 2.05) is 30.5 Å².